The summed E-state index contributed by atoms with van der Waals surface area (Å²) in [5.74, 6) is -3.42. The minimum atomic E-state index is -0.964. The molecule has 1 aliphatic carbocycles. The molecular formula is C23H27NO7. The number of ketones is 1. The second-order valence-corrected chi connectivity index (χ2v) is 7.69. The third kappa shape index (κ3) is 3.89. The first-order chi connectivity index (χ1) is 14.7. The third-order valence-corrected chi connectivity index (χ3v) is 5.78. The molecule has 1 aromatic carbocycles. The SMILES string of the molecule is CCOC(=O)C1=C(C)NC2=C(C(=O)[C@@H](C(=O)OC)[C@@H](C)C2)[C@@H]1c1ccc(O)c(OC)c1. The van der Waals surface area contributed by atoms with Crippen molar-refractivity contribution in [2.24, 2.45) is 11.8 Å². The van der Waals surface area contributed by atoms with Crippen molar-refractivity contribution in [1.29, 1.82) is 0 Å². The molecule has 0 spiro atoms. The Hall–Kier alpha value is -3.29. The molecule has 1 aromatic rings. The van der Waals surface area contributed by atoms with Gasteiger partial charge in [-0.2, -0.15) is 0 Å². The van der Waals surface area contributed by atoms with Crippen molar-refractivity contribution >= 4 is 17.7 Å². The van der Waals surface area contributed by atoms with E-state index in [2.05, 4.69) is 5.32 Å². The smallest absolute Gasteiger partial charge is 0.336 e. The lowest BCUT2D eigenvalue weighted by atomic mass is 9.69. The van der Waals surface area contributed by atoms with E-state index in [4.69, 9.17) is 14.2 Å². The van der Waals surface area contributed by atoms with Crippen LogP contribution in [0.3, 0.4) is 0 Å². The number of ether oxygens (including phenoxy) is 3. The largest absolute Gasteiger partial charge is 0.504 e. The first-order valence-electron chi connectivity index (χ1n) is 10.1. The molecule has 3 atom stereocenters. The number of phenolic OH excluding ortho intramolecular Hbond substituents is 1. The van der Waals surface area contributed by atoms with E-state index in [1.54, 1.807) is 26.0 Å². The Balaban J connectivity index is 2.22. The van der Waals surface area contributed by atoms with Gasteiger partial charge < -0.3 is 24.6 Å². The average Bonchev–Trinajstić information content (AvgIpc) is 2.73. The van der Waals surface area contributed by atoms with Crippen LogP contribution in [-0.2, 0) is 23.9 Å². The molecule has 1 heterocycles. The molecule has 0 radical (unpaired) electrons. The maximum atomic E-state index is 13.6. The van der Waals surface area contributed by atoms with Crippen LogP contribution < -0.4 is 10.1 Å². The van der Waals surface area contributed by atoms with Gasteiger partial charge in [-0.05, 0) is 43.9 Å². The quantitative estimate of drug-likeness (QED) is 0.543. The molecule has 0 bridgehead atoms. The Morgan fingerprint density at radius 1 is 1.26 bits per heavy atom. The second kappa shape index (κ2) is 8.83. The van der Waals surface area contributed by atoms with Gasteiger partial charge in [0.25, 0.3) is 0 Å². The molecule has 0 aromatic heterocycles. The van der Waals surface area contributed by atoms with E-state index in [-0.39, 0.29) is 35.4 Å². The number of phenols is 1. The highest BCUT2D eigenvalue weighted by molar-refractivity contribution is 6.12. The van der Waals surface area contributed by atoms with E-state index in [9.17, 15) is 19.5 Å². The maximum Gasteiger partial charge on any atom is 0.336 e. The molecule has 166 valence electrons. The number of methoxy groups -OCH3 is 2. The third-order valence-electron chi connectivity index (χ3n) is 5.78. The zero-order valence-electron chi connectivity index (χ0n) is 18.3. The Morgan fingerprint density at radius 3 is 2.58 bits per heavy atom. The van der Waals surface area contributed by atoms with Gasteiger partial charge in [-0.1, -0.05) is 13.0 Å². The predicted molar refractivity (Wildman–Crippen MR) is 111 cm³/mol. The van der Waals surface area contributed by atoms with Gasteiger partial charge in [-0.3, -0.25) is 9.59 Å². The summed E-state index contributed by atoms with van der Waals surface area (Å²) in [5, 5.41) is 13.2. The van der Waals surface area contributed by atoms with Crippen molar-refractivity contribution < 1.29 is 33.7 Å². The highest BCUT2D eigenvalue weighted by Crippen LogP contribution is 2.46. The number of hydrogen-bond acceptors (Lipinski definition) is 8. The monoisotopic (exact) mass is 429 g/mol. The van der Waals surface area contributed by atoms with Crippen LogP contribution in [-0.4, -0.2) is 43.7 Å². The van der Waals surface area contributed by atoms with E-state index in [0.29, 0.717) is 29.0 Å². The Bertz CT molecular complexity index is 992. The normalized spacial score (nSPS) is 23.1. The van der Waals surface area contributed by atoms with E-state index in [1.807, 2.05) is 6.92 Å². The standard InChI is InChI=1S/C23H27NO7/c1-6-31-23(28)18-12(3)24-14-9-11(2)17(22(27)30-5)21(26)20(14)19(18)13-7-8-15(25)16(10-13)29-4/h7-8,10-11,17,19,24-25H,6,9H2,1-5H3/t11-,17-,19+/m0/s1. The fourth-order valence-electron chi connectivity index (χ4n) is 4.37. The van der Waals surface area contributed by atoms with Crippen LogP contribution in [0.25, 0.3) is 0 Å². The number of rotatable bonds is 5. The zero-order chi connectivity index (χ0) is 22.9. The first kappa shape index (κ1) is 22.4. The minimum Gasteiger partial charge on any atom is -0.504 e. The summed E-state index contributed by atoms with van der Waals surface area (Å²) in [7, 11) is 2.67. The molecule has 0 fully saturated rings. The summed E-state index contributed by atoms with van der Waals surface area (Å²) in [6.07, 6.45) is 0.444. The molecule has 3 rings (SSSR count). The summed E-state index contributed by atoms with van der Waals surface area (Å²) in [6.45, 7) is 5.45. The van der Waals surface area contributed by atoms with Crippen molar-refractivity contribution in [2.45, 2.75) is 33.1 Å². The maximum absolute atomic E-state index is 13.6. The highest BCUT2D eigenvalue weighted by atomic mass is 16.5. The molecule has 2 N–H and O–H groups in total. The van der Waals surface area contributed by atoms with Crippen LogP contribution in [0.15, 0.2) is 40.7 Å². The van der Waals surface area contributed by atoms with Crippen molar-refractivity contribution in [1.82, 2.24) is 5.32 Å². The lowest BCUT2D eigenvalue weighted by Crippen LogP contribution is -2.43. The predicted octanol–water partition coefficient (Wildman–Crippen LogP) is 2.58. The van der Waals surface area contributed by atoms with Crippen LogP contribution in [0.2, 0.25) is 0 Å². The minimum absolute atomic E-state index is 0.0659. The number of carbonyl (C=O) groups is 3. The number of Topliss-reactive ketones (excluding diaryl/α,β-unsaturated/α-hetero) is 1. The van der Waals surface area contributed by atoms with Crippen LogP contribution in [0.1, 0.15) is 38.7 Å². The topological polar surface area (TPSA) is 111 Å². The van der Waals surface area contributed by atoms with Gasteiger partial charge in [-0.15, -0.1) is 0 Å². The summed E-state index contributed by atoms with van der Waals surface area (Å²) in [5.41, 5.74) is 2.42. The Kier molecular flexibility index (Phi) is 6.38. The number of aromatic hydroxyl groups is 1. The molecule has 1 aliphatic heterocycles. The van der Waals surface area contributed by atoms with Crippen LogP contribution in [0.4, 0.5) is 0 Å². The van der Waals surface area contributed by atoms with Gasteiger partial charge in [0.2, 0.25) is 0 Å². The van der Waals surface area contributed by atoms with Gasteiger partial charge >= 0.3 is 11.9 Å². The fourth-order valence-corrected chi connectivity index (χ4v) is 4.37. The van der Waals surface area contributed by atoms with Gasteiger partial charge in [-0.25, -0.2) is 4.79 Å². The molecular weight excluding hydrogens is 402 g/mol. The summed E-state index contributed by atoms with van der Waals surface area (Å²) in [4.78, 5) is 38.8. The summed E-state index contributed by atoms with van der Waals surface area (Å²) >= 11 is 0. The summed E-state index contributed by atoms with van der Waals surface area (Å²) in [6, 6.07) is 4.66. The molecule has 0 saturated heterocycles. The second-order valence-electron chi connectivity index (χ2n) is 7.69. The zero-order valence-corrected chi connectivity index (χ0v) is 18.3. The van der Waals surface area contributed by atoms with Crippen molar-refractivity contribution in [3.05, 3.63) is 46.3 Å². The lowest BCUT2D eigenvalue weighted by Gasteiger charge is -2.38. The highest BCUT2D eigenvalue weighted by Gasteiger charge is 2.47. The number of esters is 2. The number of allylic oxidation sites excluding steroid dienone is 3. The Morgan fingerprint density at radius 2 is 1.97 bits per heavy atom. The number of hydrogen-bond donors (Lipinski definition) is 2. The molecule has 0 unspecified atom stereocenters. The molecule has 8 nitrogen and oxygen atoms in total. The molecule has 8 heteroatoms. The average molecular weight is 429 g/mol. The van der Waals surface area contributed by atoms with E-state index < -0.39 is 23.8 Å². The van der Waals surface area contributed by atoms with Gasteiger partial charge in [0.05, 0.1) is 26.4 Å². The van der Waals surface area contributed by atoms with Crippen molar-refractivity contribution in [2.75, 3.05) is 20.8 Å². The van der Waals surface area contributed by atoms with E-state index in [1.165, 1.54) is 20.3 Å². The molecule has 0 saturated carbocycles. The van der Waals surface area contributed by atoms with E-state index in [0.717, 1.165) is 0 Å². The fraction of sp³-hybridized carbons (Fsp3) is 0.435. The number of carbonyl (C=O) groups excluding carboxylic acids is 3. The van der Waals surface area contributed by atoms with Crippen LogP contribution in [0.5, 0.6) is 11.5 Å². The van der Waals surface area contributed by atoms with Crippen LogP contribution >= 0.6 is 0 Å². The van der Waals surface area contributed by atoms with Gasteiger partial charge in [0.1, 0.15) is 5.92 Å². The summed E-state index contributed by atoms with van der Waals surface area (Å²) < 4.78 is 15.4. The van der Waals surface area contributed by atoms with Crippen molar-refractivity contribution in [3.8, 4) is 11.5 Å². The number of benzene rings is 1. The van der Waals surface area contributed by atoms with Crippen molar-refractivity contribution in [3.63, 3.8) is 0 Å². The molecule has 2 aliphatic rings. The molecule has 31 heavy (non-hydrogen) atoms. The number of dihydropyridines is 1. The van der Waals surface area contributed by atoms with Gasteiger partial charge in [0.15, 0.2) is 17.3 Å². The number of nitrogens with one attached hydrogen (secondary N) is 1. The van der Waals surface area contributed by atoms with Crippen LogP contribution in [0, 0.1) is 11.8 Å². The lowest BCUT2D eigenvalue weighted by molar-refractivity contribution is -0.151. The molecule has 0 amide bonds. The van der Waals surface area contributed by atoms with E-state index >= 15 is 0 Å². The first-order valence-corrected chi connectivity index (χ1v) is 10.1. The Labute approximate surface area is 180 Å². The van der Waals surface area contributed by atoms with Gasteiger partial charge in [0, 0.05) is 22.9 Å².